The van der Waals surface area contributed by atoms with Crippen molar-refractivity contribution in [3.8, 4) is 0 Å². The van der Waals surface area contributed by atoms with Crippen molar-refractivity contribution in [2.75, 3.05) is 13.4 Å². The van der Waals surface area contributed by atoms with Crippen LogP contribution in [0.1, 0.15) is 15.9 Å². The van der Waals surface area contributed by atoms with Gasteiger partial charge in [-0.05, 0) is 17.7 Å². The summed E-state index contributed by atoms with van der Waals surface area (Å²) >= 11 is 0. The van der Waals surface area contributed by atoms with Crippen molar-refractivity contribution in [2.45, 2.75) is 4.90 Å². The molecule has 0 aliphatic rings. The fourth-order valence-corrected chi connectivity index (χ4v) is 2.12. The molecule has 0 saturated carbocycles. The molecule has 0 bridgehead atoms. The highest BCUT2D eigenvalue weighted by molar-refractivity contribution is 7.90. The number of hydrogen-bond donors (Lipinski definition) is 0. The van der Waals surface area contributed by atoms with Gasteiger partial charge in [0.15, 0.2) is 9.84 Å². The van der Waals surface area contributed by atoms with E-state index in [1.165, 1.54) is 25.3 Å². The highest BCUT2D eigenvalue weighted by atomic mass is 32.2. The molecule has 0 fully saturated rings. The first-order valence-electron chi connectivity index (χ1n) is 4.45. The summed E-state index contributed by atoms with van der Waals surface area (Å²) in [6, 6.07) is 4.39. The van der Waals surface area contributed by atoms with E-state index in [-0.39, 0.29) is 10.5 Å². The lowest BCUT2D eigenvalue weighted by molar-refractivity contribution is 0.0596. The molecule has 16 heavy (non-hydrogen) atoms. The number of benzene rings is 1. The largest absolute Gasteiger partial charge is 0.465 e. The van der Waals surface area contributed by atoms with Gasteiger partial charge in [0, 0.05) is 6.26 Å². The quantitative estimate of drug-likeness (QED) is 0.751. The van der Waals surface area contributed by atoms with Crippen LogP contribution in [0.2, 0.25) is 0 Å². The first kappa shape index (κ1) is 12.4. The van der Waals surface area contributed by atoms with Gasteiger partial charge in [-0.2, -0.15) is 0 Å². The van der Waals surface area contributed by atoms with Gasteiger partial charge in [0.25, 0.3) is 0 Å². The average molecular weight is 240 g/mol. The van der Waals surface area contributed by atoms with Gasteiger partial charge in [-0.25, -0.2) is 13.2 Å². The minimum Gasteiger partial charge on any atom is -0.465 e. The number of rotatable bonds is 3. The van der Waals surface area contributed by atoms with Crippen LogP contribution in [-0.2, 0) is 14.6 Å². The van der Waals surface area contributed by atoms with Crippen LogP contribution >= 0.6 is 0 Å². The summed E-state index contributed by atoms with van der Waals surface area (Å²) in [5.41, 5.74) is 0.690. The van der Waals surface area contributed by atoms with Gasteiger partial charge in [-0.15, -0.1) is 0 Å². The minimum absolute atomic E-state index is 0.0300. The molecule has 5 heteroatoms. The molecule has 0 aliphatic carbocycles. The van der Waals surface area contributed by atoms with E-state index in [1.807, 2.05) is 0 Å². The summed E-state index contributed by atoms with van der Waals surface area (Å²) < 4.78 is 27.4. The van der Waals surface area contributed by atoms with Crippen molar-refractivity contribution in [3.05, 3.63) is 35.9 Å². The fourth-order valence-electron chi connectivity index (χ4n) is 1.27. The highest BCUT2D eigenvalue weighted by Crippen LogP contribution is 2.19. The molecular weight excluding hydrogens is 228 g/mol. The summed E-state index contributed by atoms with van der Waals surface area (Å²) in [6.45, 7) is 3.55. The molecular formula is C11H12O4S. The zero-order chi connectivity index (χ0) is 12.3. The summed E-state index contributed by atoms with van der Waals surface area (Å²) in [5.74, 6) is -0.677. The standard InChI is InChI=1S/C11H12O4S/c1-4-8-5-6-10(16(3,13)14)9(7-8)11(12)15-2/h4-7H,1H2,2-3H3. The van der Waals surface area contributed by atoms with Crippen molar-refractivity contribution in [3.63, 3.8) is 0 Å². The first-order valence-corrected chi connectivity index (χ1v) is 6.34. The molecule has 0 spiro atoms. The van der Waals surface area contributed by atoms with Gasteiger partial charge in [0.05, 0.1) is 17.6 Å². The Labute approximate surface area is 94.5 Å². The van der Waals surface area contributed by atoms with Crippen molar-refractivity contribution >= 4 is 21.9 Å². The molecule has 0 aliphatic heterocycles. The molecule has 1 aromatic rings. The predicted molar refractivity (Wildman–Crippen MR) is 61.0 cm³/mol. The lowest BCUT2D eigenvalue weighted by Crippen LogP contribution is -2.09. The Morgan fingerprint density at radius 2 is 2.06 bits per heavy atom. The monoisotopic (exact) mass is 240 g/mol. The first-order chi connectivity index (χ1) is 7.40. The lowest BCUT2D eigenvalue weighted by atomic mass is 10.1. The van der Waals surface area contributed by atoms with Crippen LogP contribution in [0.3, 0.4) is 0 Å². The van der Waals surface area contributed by atoms with Gasteiger partial charge >= 0.3 is 5.97 Å². The molecule has 0 amide bonds. The molecule has 1 aromatic carbocycles. The Balaban J connectivity index is 3.51. The van der Waals surface area contributed by atoms with Crippen LogP contribution in [0.5, 0.6) is 0 Å². The van der Waals surface area contributed by atoms with Gasteiger partial charge in [-0.1, -0.05) is 18.7 Å². The average Bonchev–Trinajstić information content (AvgIpc) is 2.25. The second-order valence-corrected chi connectivity index (χ2v) is 5.21. The van der Waals surface area contributed by atoms with E-state index in [1.54, 1.807) is 6.07 Å². The zero-order valence-corrected chi connectivity index (χ0v) is 9.87. The molecule has 0 aromatic heterocycles. The van der Waals surface area contributed by atoms with E-state index in [0.29, 0.717) is 5.56 Å². The number of carbonyl (C=O) groups is 1. The van der Waals surface area contributed by atoms with E-state index < -0.39 is 15.8 Å². The summed E-state index contributed by atoms with van der Waals surface area (Å²) in [6.07, 6.45) is 2.57. The lowest BCUT2D eigenvalue weighted by Gasteiger charge is -2.06. The second kappa shape index (κ2) is 4.49. The summed E-state index contributed by atoms with van der Waals surface area (Å²) in [5, 5.41) is 0. The van der Waals surface area contributed by atoms with Crippen molar-refractivity contribution < 1.29 is 17.9 Å². The summed E-state index contributed by atoms with van der Waals surface area (Å²) in [4.78, 5) is 11.4. The Kier molecular flexibility index (Phi) is 3.49. The van der Waals surface area contributed by atoms with E-state index in [0.717, 1.165) is 6.26 Å². The van der Waals surface area contributed by atoms with E-state index in [9.17, 15) is 13.2 Å². The molecule has 0 atom stereocenters. The topological polar surface area (TPSA) is 60.4 Å². The number of hydrogen-bond acceptors (Lipinski definition) is 4. The van der Waals surface area contributed by atoms with Crippen LogP contribution in [-0.4, -0.2) is 27.8 Å². The number of carbonyl (C=O) groups excluding carboxylic acids is 1. The molecule has 0 heterocycles. The maximum absolute atomic E-state index is 11.4. The van der Waals surface area contributed by atoms with E-state index in [4.69, 9.17) is 0 Å². The van der Waals surface area contributed by atoms with Gasteiger partial charge < -0.3 is 4.74 Å². The SMILES string of the molecule is C=Cc1ccc(S(C)(=O)=O)c(C(=O)OC)c1. The van der Waals surface area contributed by atoms with Crippen molar-refractivity contribution in [1.82, 2.24) is 0 Å². The predicted octanol–water partition coefficient (Wildman–Crippen LogP) is 1.52. The third kappa shape index (κ3) is 2.49. The highest BCUT2D eigenvalue weighted by Gasteiger charge is 2.19. The van der Waals surface area contributed by atoms with Gasteiger partial charge in [0.2, 0.25) is 0 Å². The molecule has 0 N–H and O–H groups in total. The Morgan fingerprint density at radius 3 is 2.50 bits per heavy atom. The number of ether oxygens (including phenoxy) is 1. The normalized spacial score (nSPS) is 10.9. The molecule has 86 valence electrons. The maximum Gasteiger partial charge on any atom is 0.339 e. The molecule has 0 saturated heterocycles. The summed E-state index contributed by atoms with van der Waals surface area (Å²) in [7, 11) is -2.25. The second-order valence-electron chi connectivity index (χ2n) is 3.22. The number of methoxy groups -OCH3 is 1. The molecule has 0 radical (unpaired) electrons. The third-order valence-electron chi connectivity index (χ3n) is 2.04. The Bertz CT molecular complexity index is 529. The van der Waals surface area contributed by atoms with Gasteiger partial charge in [-0.3, -0.25) is 0 Å². The number of sulfone groups is 1. The van der Waals surface area contributed by atoms with Crippen LogP contribution in [0.25, 0.3) is 6.08 Å². The smallest absolute Gasteiger partial charge is 0.339 e. The Morgan fingerprint density at radius 1 is 1.44 bits per heavy atom. The zero-order valence-electron chi connectivity index (χ0n) is 9.06. The number of esters is 1. The molecule has 0 unspecified atom stereocenters. The van der Waals surface area contributed by atoms with Gasteiger partial charge in [0.1, 0.15) is 0 Å². The maximum atomic E-state index is 11.4. The van der Waals surface area contributed by atoms with Crippen LogP contribution in [0.15, 0.2) is 29.7 Å². The minimum atomic E-state index is -3.45. The van der Waals surface area contributed by atoms with Crippen LogP contribution in [0.4, 0.5) is 0 Å². The van der Waals surface area contributed by atoms with Crippen molar-refractivity contribution in [2.24, 2.45) is 0 Å². The van der Waals surface area contributed by atoms with Crippen LogP contribution < -0.4 is 0 Å². The Hall–Kier alpha value is -1.62. The molecule has 4 nitrogen and oxygen atoms in total. The van der Waals surface area contributed by atoms with Crippen LogP contribution in [0, 0.1) is 0 Å². The fraction of sp³-hybridized carbons (Fsp3) is 0.182. The third-order valence-corrected chi connectivity index (χ3v) is 3.20. The molecule has 1 rings (SSSR count). The van der Waals surface area contributed by atoms with Crippen molar-refractivity contribution in [1.29, 1.82) is 0 Å². The van der Waals surface area contributed by atoms with E-state index >= 15 is 0 Å². The van der Waals surface area contributed by atoms with E-state index in [2.05, 4.69) is 11.3 Å².